The third-order valence-corrected chi connectivity index (χ3v) is 7.74. The Morgan fingerprint density at radius 3 is 1.72 bits per heavy atom. The molecule has 200 valence electrons. The zero-order valence-electron chi connectivity index (χ0n) is 37.3. The highest BCUT2D eigenvalue weighted by Gasteiger charge is 2.18. The number of benzene rings is 8. The van der Waals surface area contributed by atoms with Crippen molar-refractivity contribution in [2.24, 2.45) is 0 Å². The molecule has 0 N–H and O–H groups in total. The van der Waals surface area contributed by atoms with Gasteiger partial charge in [0.25, 0.3) is 0 Å². The molecule has 1 heterocycles. The van der Waals surface area contributed by atoms with E-state index in [1.54, 1.807) is 18.2 Å². The average molecular weight is 562 g/mol. The molecular formula is C42H26O. The van der Waals surface area contributed by atoms with Crippen LogP contribution in [0.15, 0.2) is 162 Å². The van der Waals surface area contributed by atoms with Crippen LogP contribution in [0.1, 0.15) is 20.6 Å². The predicted molar refractivity (Wildman–Crippen MR) is 183 cm³/mol. The van der Waals surface area contributed by atoms with E-state index in [4.69, 9.17) is 15.4 Å². The molecule has 0 aliphatic heterocycles. The molecular weight excluding hydrogens is 520 g/mol. The molecule has 0 atom stereocenters. The van der Waals surface area contributed by atoms with Crippen molar-refractivity contribution in [3.63, 3.8) is 0 Å². The lowest BCUT2D eigenvalue weighted by atomic mass is 9.85. The van der Waals surface area contributed by atoms with Crippen molar-refractivity contribution in [3.05, 3.63) is 157 Å². The maximum Gasteiger partial charge on any atom is 0.136 e. The smallest absolute Gasteiger partial charge is 0.136 e. The molecule has 0 radical (unpaired) electrons. The summed E-state index contributed by atoms with van der Waals surface area (Å²) in [6.07, 6.45) is 0. The van der Waals surface area contributed by atoms with Crippen LogP contribution in [0.25, 0.3) is 87.6 Å². The fraction of sp³-hybridized carbons (Fsp3) is 0. The Kier molecular flexibility index (Phi) is 2.97. The van der Waals surface area contributed by atoms with E-state index < -0.39 is 102 Å². The Bertz CT molecular complexity index is 3270. The number of rotatable bonds is 3. The lowest BCUT2D eigenvalue weighted by molar-refractivity contribution is 0.669. The lowest BCUT2D eigenvalue weighted by Crippen LogP contribution is -1.91. The Morgan fingerprint density at radius 1 is 0.395 bits per heavy atom. The first-order chi connectivity index (χ1) is 27.6. The minimum atomic E-state index is -0.693. The van der Waals surface area contributed by atoms with Crippen molar-refractivity contribution in [3.8, 4) is 33.4 Å². The van der Waals surface area contributed by atoms with Crippen molar-refractivity contribution in [1.82, 2.24) is 0 Å². The van der Waals surface area contributed by atoms with E-state index in [1.165, 1.54) is 0 Å². The van der Waals surface area contributed by atoms with E-state index in [9.17, 15) is 9.60 Å². The van der Waals surface area contributed by atoms with Gasteiger partial charge in [-0.2, -0.15) is 0 Å². The standard InChI is InChI=1S/C42H26O/c1-2-11-28-24-30(21-20-27(28)10-1)29-12-9-13-31(25-29)41-35-15-3-5-17-37(35)42(38-18-6-4-16-36(38)41)32-22-23-34-33-14-7-8-19-39(33)43-40(34)26-32/h1-26H/i3D,4D,5D,6D,7D,8D,14D,15D,16D,17D,18D,19D,22D,23D,26D. The molecule has 9 aromatic rings. The van der Waals surface area contributed by atoms with Crippen molar-refractivity contribution >= 4 is 54.3 Å². The van der Waals surface area contributed by atoms with Crippen LogP contribution in [0.2, 0.25) is 0 Å². The molecule has 0 fully saturated rings. The second kappa shape index (κ2) is 9.44. The minimum absolute atomic E-state index is 0.0630. The SMILES string of the molecule is [2H]c1c([2H])c([2H])c2c(oc3c([2H])c(-c4c5c([2H])c([2H])c([2H])c([2H])c5c(-c5cccc(-c6ccc7ccccc7c6)c5)c5c([2H])c([2H])c([2H])c([2H])c45)c([2H])c([2H])c32)c1[2H]. The molecule has 0 amide bonds. The summed E-state index contributed by atoms with van der Waals surface area (Å²) in [5, 5.41) is 0.683. The van der Waals surface area contributed by atoms with Crippen molar-refractivity contribution in [2.45, 2.75) is 0 Å². The van der Waals surface area contributed by atoms with Gasteiger partial charge in [-0.3, -0.25) is 0 Å². The maximum atomic E-state index is 9.49. The molecule has 9 rings (SSSR count). The first kappa shape index (κ1) is 13.5. The van der Waals surface area contributed by atoms with Crippen LogP contribution in [-0.4, -0.2) is 0 Å². The number of hydrogen-bond acceptors (Lipinski definition) is 1. The molecule has 1 nitrogen and oxygen atoms in total. The third-order valence-electron chi connectivity index (χ3n) is 7.74. The van der Waals surface area contributed by atoms with Gasteiger partial charge in [0.05, 0.1) is 20.6 Å². The van der Waals surface area contributed by atoms with Gasteiger partial charge >= 0.3 is 0 Å². The number of para-hydroxylation sites is 1. The zero-order chi connectivity index (χ0) is 41.4. The van der Waals surface area contributed by atoms with Gasteiger partial charge in [0.15, 0.2) is 0 Å². The highest BCUT2D eigenvalue weighted by molar-refractivity contribution is 6.22. The average Bonchev–Trinajstić information content (AvgIpc) is 3.64. The molecule has 1 aromatic heterocycles. The fourth-order valence-corrected chi connectivity index (χ4v) is 5.81. The van der Waals surface area contributed by atoms with Crippen LogP contribution >= 0.6 is 0 Å². The van der Waals surface area contributed by atoms with Gasteiger partial charge in [-0.25, -0.2) is 0 Å². The molecule has 1 heteroatoms. The first-order valence-electron chi connectivity index (χ1n) is 21.0. The quantitative estimate of drug-likeness (QED) is 0.196. The van der Waals surface area contributed by atoms with Crippen LogP contribution < -0.4 is 0 Å². The minimum Gasteiger partial charge on any atom is -0.456 e. The molecule has 0 saturated carbocycles. The first-order valence-corrected chi connectivity index (χ1v) is 13.5. The Balaban J connectivity index is 1.50. The highest BCUT2D eigenvalue weighted by atomic mass is 16.3. The van der Waals surface area contributed by atoms with Gasteiger partial charge in [-0.05, 0) is 96.0 Å². The summed E-state index contributed by atoms with van der Waals surface area (Å²) in [5.41, 5.74) is 0.395. The molecule has 0 unspecified atom stereocenters. The van der Waals surface area contributed by atoms with Gasteiger partial charge in [0.1, 0.15) is 11.2 Å². The van der Waals surface area contributed by atoms with Crippen molar-refractivity contribution < 1.29 is 25.0 Å². The van der Waals surface area contributed by atoms with E-state index in [-0.39, 0.29) is 49.0 Å². The van der Waals surface area contributed by atoms with E-state index in [0.717, 1.165) is 16.3 Å². The number of hydrogen-bond donors (Lipinski definition) is 0. The zero-order valence-corrected chi connectivity index (χ0v) is 22.3. The molecule has 0 spiro atoms. The molecule has 8 aromatic carbocycles. The maximum absolute atomic E-state index is 9.49. The molecule has 0 aliphatic rings. The monoisotopic (exact) mass is 561 g/mol. The number of fused-ring (bicyclic) bond motifs is 6. The van der Waals surface area contributed by atoms with Crippen LogP contribution in [0.5, 0.6) is 0 Å². The third kappa shape index (κ3) is 3.79. The summed E-state index contributed by atoms with van der Waals surface area (Å²) in [5.74, 6) is 0. The van der Waals surface area contributed by atoms with Crippen molar-refractivity contribution in [2.75, 3.05) is 0 Å². The normalized spacial score (nSPS) is 16.6. The predicted octanol–water partition coefficient (Wildman–Crippen LogP) is 12.0. The van der Waals surface area contributed by atoms with Gasteiger partial charge in [0.2, 0.25) is 0 Å². The van der Waals surface area contributed by atoms with Crippen molar-refractivity contribution in [1.29, 1.82) is 0 Å². The summed E-state index contributed by atoms with van der Waals surface area (Å²) < 4.78 is 140. The Labute approximate surface area is 270 Å². The van der Waals surface area contributed by atoms with E-state index >= 15 is 0 Å². The summed E-state index contributed by atoms with van der Waals surface area (Å²) in [7, 11) is 0. The van der Waals surface area contributed by atoms with Crippen LogP contribution in [0.4, 0.5) is 0 Å². The van der Waals surface area contributed by atoms with Gasteiger partial charge in [-0.15, -0.1) is 0 Å². The van der Waals surface area contributed by atoms with E-state index in [0.29, 0.717) is 11.1 Å². The summed E-state index contributed by atoms with van der Waals surface area (Å²) >= 11 is 0. The Morgan fingerprint density at radius 2 is 0.977 bits per heavy atom. The van der Waals surface area contributed by atoms with E-state index in [1.807, 2.05) is 48.5 Å². The summed E-state index contributed by atoms with van der Waals surface area (Å²) in [6, 6.07) is 11.4. The van der Waals surface area contributed by atoms with Gasteiger partial charge in [-0.1, -0.05) is 127 Å². The van der Waals surface area contributed by atoms with Gasteiger partial charge < -0.3 is 4.42 Å². The van der Waals surface area contributed by atoms with Crippen LogP contribution in [0.3, 0.4) is 0 Å². The number of furan rings is 1. The lowest BCUT2D eigenvalue weighted by Gasteiger charge is -2.18. The molecule has 0 saturated heterocycles. The van der Waals surface area contributed by atoms with Gasteiger partial charge in [0, 0.05) is 10.8 Å². The topological polar surface area (TPSA) is 13.1 Å². The molecule has 0 bridgehead atoms. The van der Waals surface area contributed by atoms with E-state index in [2.05, 4.69) is 0 Å². The molecule has 43 heavy (non-hydrogen) atoms. The summed E-state index contributed by atoms with van der Waals surface area (Å²) in [4.78, 5) is 0. The second-order valence-electron chi connectivity index (χ2n) is 10.2. The van der Waals surface area contributed by atoms with Crippen LogP contribution in [-0.2, 0) is 0 Å². The fourth-order valence-electron chi connectivity index (χ4n) is 5.81. The Hall–Kier alpha value is -5.66. The summed E-state index contributed by atoms with van der Waals surface area (Å²) in [6.45, 7) is 0. The largest absolute Gasteiger partial charge is 0.456 e. The second-order valence-corrected chi connectivity index (χ2v) is 10.2. The molecule has 0 aliphatic carbocycles. The van der Waals surface area contributed by atoms with Crippen LogP contribution in [0, 0.1) is 0 Å². The highest BCUT2D eigenvalue weighted by Crippen LogP contribution is 2.45.